The topological polar surface area (TPSA) is 76.7 Å². The quantitative estimate of drug-likeness (QED) is 0.630. The monoisotopic (exact) mass is 454 g/mol. The molecule has 0 aliphatic carbocycles. The predicted octanol–water partition coefficient (Wildman–Crippen LogP) is 2.35. The molecule has 25 heavy (non-hydrogen) atoms. The predicted molar refractivity (Wildman–Crippen MR) is 103 cm³/mol. The fraction of sp³-hybridized carbons (Fsp3) is 0.222. The third kappa shape index (κ3) is 5.35. The normalized spacial score (nSPS) is 10.0. The molecule has 2 N–H and O–H groups in total. The SMILES string of the molecule is COc1cc(I)c(C(=O)NCC(=O)NCc2ccccc2)cc1OC. The molecule has 2 aromatic carbocycles. The van der Waals surface area contributed by atoms with Crippen molar-refractivity contribution < 1.29 is 19.1 Å². The zero-order chi connectivity index (χ0) is 18.2. The molecule has 0 aliphatic heterocycles. The van der Waals surface area contributed by atoms with Crippen molar-refractivity contribution in [3.05, 3.63) is 57.2 Å². The van der Waals surface area contributed by atoms with Crippen molar-refractivity contribution >= 4 is 34.4 Å². The number of rotatable bonds is 7. The summed E-state index contributed by atoms with van der Waals surface area (Å²) in [4.78, 5) is 24.2. The van der Waals surface area contributed by atoms with E-state index in [0.29, 0.717) is 27.2 Å². The Morgan fingerprint density at radius 3 is 2.28 bits per heavy atom. The van der Waals surface area contributed by atoms with Crippen LogP contribution in [0.5, 0.6) is 11.5 Å². The minimum Gasteiger partial charge on any atom is -0.493 e. The number of nitrogens with one attached hydrogen (secondary N) is 2. The minimum atomic E-state index is -0.347. The maximum Gasteiger partial charge on any atom is 0.252 e. The lowest BCUT2D eigenvalue weighted by molar-refractivity contribution is -0.120. The molecule has 0 heterocycles. The summed E-state index contributed by atoms with van der Waals surface area (Å²) in [6.07, 6.45) is 0. The van der Waals surface area contributed by atoms with E-state index >= 15 is 0 Å². The van der Waals surface area contributed by atoms with Crippen molar-refractivity contribution in [2.45, 2.75) is 6.54 Å². The lowest BCUT2D eigenvalue weighted by Gasteiger charge is -2.12. The van der Waals surface area contributed by atoms with Crippen LogP contribution in [0.1, 0.15) is 15.9 Å². The molecule has 0 fully saturated rings. The first-order valence-corrected chi connectivity index (χ1v) is 8.63. The number of ether oxygens (including phenoxy) is 2. The Kier molecular flexibility index (Phi) is 7.05. The molecule has 0 spiro atoms. The molecule has 0 radical (unpaired) electrons. The van der Waals surface area contributed by atoms with E-state index in [2.05, 4.69) is 10.6 Å². The van der Waals surface area contributed by atoms with Crippen LogP contribution in [0.3, 0.4) is 0 Å². The third-order valence-corrected chi connectivity index (χ3v) is 4.35. The molecule has 0 atom stereocenters. The van der Waals surface area contributed by atoms with Gasteiger partial charge in [-0.2, -0.15) is 0 Å². The van der Waals surface area contributed by atoms with Gasteiger partial charge in [0.25, 0.3) is 5.91 Å². The fourth-order valence-corrected chi connectivity index (χ4v) is 2.83. The van der Waals surface area contributed by atoms with Gasteiger partial charge in [0.2, 0.25) is 5.91 Å². The lowest BCUT2D eigenvalue weighted by Crippen LogP contribution is -2.36. The van der Waals surface area contributed by atoms with E-state index in [1.807, 2.05) is 52.9 Å². The highest BCUT2D eigenvalue weighted by atomic mass is 127. The van der Waals surface area contributed by atoms with E-state index in [1.54, 1.807) is 12.1 Å². The molecule has 7 heteroatoms. The van der Waals surface area contributed by atoms with E-state index in [9.17, 15) is 9.59 Å². The number of hydrogen-bond acceptors (Lipinski definition) is 4. The second-order valence-corrected chi connectivity index (χ2v) is 6.29. The Morgan fingerprint density at radius 1 is 1.00 bits per heavy atom. The van der Waals surface area contributed by atoms with E-state index in [4.69, 9.17) is 9.47 Å². The van der Waals surface area contributed by atoms with Gasteiger partial charge in [0, 0.05) is 10.1 Å². The maximum atomic E-state index is 12.3. The standard InChI is InChI=1S/C18H19IN2O4/c1-24-15-8-13(14(19)9-16(15)25-2)18(23)21-11-17(22)20-10-12-6-4-3-5-7-12/h3-9H,10-11H2,1-2H3,(H,20,22)(H,21,23). The van der Waals surface area contributed by atoms with Crippen LogP contribution in [-0.2, 0) is 11.3 Å². The van der Waals surface area contributed by atoms with E-state index < -0.39 is 0 Å². The number of amides is 2. The highest BCUT2D eigenvalue weighted by molar-refractivity contribution is 14.1. The Bertz CT molecular complexity index is 750. The average Bonchev–Trinajstić information content (AvgIpc) is 2.64. The summed E-state index contributed by atoms with van der Waals surface area (Å²) in [6, 6.07) is 12.9. The molecule has 0 unspecified atom stereocenters. The number of hydrogen-bond donors (Lipinski definition) is 2. The molecule has 6 nitrogen and oxygen atoms in total. The number of benzene rings is 2. The average molecular weight is 454 g/mol. The summed E-state index contributed by atoms with van der Waals surface area (Å²) in [5, 5.41) is 5.37. The molecule has 2 aromatic rings. The molecular weight excluding hydrogens is 435 g/mol. The van der Waals surface area contributed by atoms with Gasteiger partial charge in [0.15, 0.2) is 11.5 Å². The smallest absolute Gasteiger partial charge is 0.252 e. The highest BCUT2D eigenvalue weighted by Gasteiger charge is 2.16. The summed E-state index contributed by atoms with van der Waals surface area (Å²) in [7, 11) is 3.04. The summed E-state index contributed by atoms with van der Waals surface area (Å²) >= 11 is 2.04. The van der Waals surface area contributed by atoms with Gasteiger partial charge in [-0.1, -0.05) is 30.3 Å². The van der Waals surface area contributed by atoms with Gasteiger partial charge in [0.05, 0.1) is 26.3 Å². The van der Waals surface area contributed by atoms with Gasteiger partial charge in [-0.3, -0.25) is 9.59 Å². The van der Waals surface area contributed by atoms with Crippen LogP contribution in [0, 0.1) is 3.57 Å². The summed E-state index contributed by atoms with van der Waals surface area (Å²) in [5.41, 5.74) is 1.42. The van der Waals surface area contributed by atoms with Gasteiger partial charge in [0.1, 0.15) is 0 Å². The van der Waals surface area contributed by atoms with Crippen LogP contribution in [0.15, 0.2) is 42.5 Å². The van der Waals surface area contributed by atoms with Crippen LogP contribution >= 0.6 is 22.6 Å². The van der Waals surface area contributed by atoms with E-state index in [0.717, 1.165) is 5.56 Å². The van der Waals surface area contributed by atoms with Crippen molar-refractivity contribution in [3.63, 3.8) is 0 Å². The summed E-state index contributed by atoms with van der Waals surface area (Å²) in [6.45, 7) is 0.319. The number of carbonyl (C=O) groups is 2. The molecule has 0 aromatic heterocycles. The van der Waals surface area contributed by atoms with E-state index in [1.165, 1.54) is 14.2 Å². The van der Waals surface area contributed by atoms with Gasteiger partial charge in [-0.05, 0) is 40.3 Å². The zero-order valence-corrected chi connectivity index (χ0v) is 16.1. The second-order valence-electron chi connectivity index (χ2n) is 5.13. The number of methoxy groups -OCH3 is 2. The Hall–Kier alpha value is -2.29. The number of halogens is 1. The van der Waals surface area contributed by atoms with Crippen molar-refractivity contribution in [2.75, 3.05) is 20.8 Å². The van der Waals surface area contributed by atoms with E-state index in [-0.39, 0.29) is 18.4 Å². The fourth-order valence-electron chi connectivity index (χ4n) is 2.14. The molecule has 0 bridgehead atoms. The van der Waals surface area contributed by atoms with Crippen LogP contribution in [0.4, 0.5) is 0 Å². The van der Waals surface area contributed by atoms with Crippen molar-refractivity contribution in [1.82, 2.24) is 10.6 Å². The Morgan fingerprint density at radius 2 is 1.64 bits per heavy atom. The Labute approximate surface area is 160 Å². The first-order valence-electron chi connectivity index (χ1n) is 7.55. The second kappa shape index (κ2) is 9.26. The minimum absolute atomic E-state index is 0.101. The summed E-state index contributed by atoms with van der Waals surface area (Å²) < 4.78 is 11.1. The van der Waals surface area contributed by atoms with Crippen LogP contribution < -0.4 is 20.1 Å². The van der Waals surface area contributed by atoms with Gasteiger partial charge < -0.3 is 20.1 Å². The van der Waals surface area contributed by atoms with Crippen LogP contribution in [0.25, 0.3) is 0 Å². The van der Waals surface area contributed by atoms with Gasteiger partial charge in [-0.25, -0.2) is 0 Å². The first-order chi connectivity index (χ1) is 12.0. The van der Waals surface area contributed by atoms with Crippen LogP contribution in [0.2, 0.25) is 0 Å². The number of carbonyl (C=O) groups excluding carboxylic acids is 2. The molecule has 0 saturated carbocycles. The first kappa shape index (κ1) is 19.0. The largest absolute Gasteiger partial charge is 0.493 e. The molecule has 0 saturated heterocycles. The molecule has 0 aliphatic rings. The van der Waals surface area contributed by atoms with Crippen LogP contribution in [-0.4, -0.2) is 32.6 Å². The zero-order valence-electron chi connectivity index (χ0n) is 14.0. The highest BCUT2D eigenvalue weighted by Crippen LogP contribution is 2.31. The van der Waals surface area contributed by atoms with Crippen molar-refractivity contribution in [3.8, 4) is 11.5 Å². The molecular formula is C18H19IN2O4. The van der Waals surface area contributed by atoms with Gasteiger partial charge >= 0.3 is 0 Å². The maximum absolute atomic E-state index is 12.3. The van der Waals surface area contributed by atoms with Gasteiger partial charge in [-0.15, -0.1) is 0 Å². The van der Waals surface area contributed by atoms with Crippen molar-refractivity contribution in [2.24, 2.45) is 0 Å². The van der Waals surface area contributed by atoms with Crippen molar-refractivity contribution in [1.29, 1.82) is 0 Å². The lowest BCUT2D eigenvalue weighted by atomic mass is 10.2. The molecule has 2 rings (SSSR count). The molecule has 132 valence electrons. The molecule has 2 amide bonds. The Balaban J connectivity index is 1.92. The third-order valence-electron chi connectivity index (χ3n) is 3.46. The summed E-state index contributed by atoms with van der Waals surface area (Å²) in [5.74, 6) is 0.401.